The van der Waals surface area contributed by atoms with Gasteiger partial charge in [0, 0.05) is 22.9 Å². The van der Waals surface area contributed by atoms with Crippen molar-refractivity contribution in [1.29, 1.82) is 0 Å². The van der Waals surface area contributed by atoms with E-state index in [4.69, 9.17) is 5.73 Å². The molecule has 3 rings (SSSR count). The van der Waals surface area contributed by atoms with Gasteiger partial charge in [-0.25, -0.2) is 9.97 Å². The van der Waals surface area contributed by atoms with Crippen molar-refractivity contribution < 1.29 is 9.59 Å². The van der Waals surface area contributed by atoms with E-state index in [2.05, 4.69) is 15.3 Å². The third-order valence-electron chi connectivity index (χ3n) is 3.72. The van der Waals surface area contributed by atoms with Crippen molar-refractivity contribution >= 4 is 17.8 Å². The number of nitrogens with one attached hydrogen (secondary N) is 1. The Kier molecular flexibility index (Phi) is 4.52. The first-order chi connectivity index (χ1) is 12.0. The molecule has 0 spiro atoms. The predicted octanol–water partition coefficient (Wildman–Crippen LogP) is 2.80. The minimum Gasteiger partial charge on any atom is -0.366 e. The fourth-order valence-electron chi connectivity index (χ4n) is 2.38. The van der Waals surface area contributed by atoms with Crippen LogP contribution in [0.1, 0.15) is 26.3 Å². The van der Waals surface area contributed by atoms with Crippen molar-refractivity contribution in [2.24, 2.45) is 5.73 Å². The van der Waals surface area contributed by atoms with E-state index in [9.17, 15) is 9.59 Å². The van der Waals surface area contributed by atoms with Crippen LogP contribution in [-0.4, -0.2) is 21.8 Å². The molecule has 0 aliphatic rings. The second-order valence-electron chi connectivity index (χ2n) is 5.48. The maximum atomic E-state index is 12.5. The summed E-state index contributed by atoms with van der Waals surface area (Å²) in [4.78, 5) is 32.3. The highest BCUT2D eigenvalue weighted by molar-refractivity contribution is 6.06. The molecule has 6 heteroatoms. The number of nitrogens with two attached hydrogens (primary N) is 1. The van der Waals surface area contributed by atoms with Gasteiger partial charge in [0.15, 0.2) is 0 Å². The third-order valence-corrected chi connectivity index (χ3v) is 3.72. The van der Waals surface area contributed by atoms with Gasteiger partial charge in [-0.1, -0.05) is 36.4 Å². The second kappa shape index (κ2) is 6.92. The molecule has 0 saturated heterocycles. The van der Waals surface area contributed by atoms with Gasteiger partial charge in [0.2, 0.25) is 11.9 Å². The number of carbonyl (C=O) groups is 2. The summed E-state index contributed by atoms with van der Waals surface area (Å²) in [5.74, 6) is -0.794. The molecule has 0 aliphatic carbocycles. The molecule has 0 atom stereocenters. The third kappa shape index (κ3) is 3.69. The van der Waals surface area contributed by atoms with Gasteiger partial charge >= 0.3 is 0 Å². The van der Waals surface area contributed by atoms with E-state index in [1.807, 2.05) is 30.3 Å². The molecule has 2 amide bonds. The molecule has 1 aromatic heterocycles. The molecule has 3 N–H and O–H groups in total. The number of rotatable bonds is 4. The van der Waals surface area contributed by atoms with E-state index in [0.29, 0.717) is 11.3 Å². The van der Waals surface area contributed by atoms with Crippen LogP contribution in [0.5, 0.6) is 0 Å². The molecule has 0 fully saturated rings. The van der Waals surface area contributed by atoms with Crippen LogP contribution in [0.4, 0.5) is 5.95 Å². The molecule has 0 unspecified atom stereocenters. The quantitative estimate of drug-likeness (QED) is 0.767. The van der Waals surface area contributed by atoms with E-state index in [0.717, 1.165) is 11.1 Å². The number of aryl methyl sites for hydroxylation is 1. The van der Waals surface area contributed by atoms with E-state index >= 15 is 0 Å². The van der Waals surface area contributed by atoms with Gasteiger partial charge in [0.25, 0.3) is 5.91 Å². The molecule has 124 valence electrons. The van der Waals surface area contributed by atoms with Crippen molar-refractivity contribution in [3.05, 3.63) is 77.5 Å². The summed E-state index contributed by atoms with van der Waals surface area (Å²) in [7, 11) is 0. The monoisotopic (exact) mass is 332 g/mol. The number of benzene rings is 2. The minimum absolute atomic E-state index is 0.190. The van der Waals surface area contributed by atoms with E-state index < -0.39 is 11.8 Å². The molecule has 0 saturated carbocycles. The Morgan fingerprint density at radius 1 is 1.04 bits per heavy atom. The van der Waals surface area contributed by atoms with Crippen LogP contribution < -0.4 is 11.1 Å². The van der Waals surface area contributed by atoms with Gasteiger partial charge in [-0.2, -0.15) is 0 Å². The number of carbonyl (C=O) groups excluding carboxylic acids is 2. The van der Waals surface area contributed by atoms with Crippen molar-refractivity contribution in [2.75, 3.05) is 5.32 Å². The summed E-state index contributed by atoms with van der Waals surface area (Å²) >= 11 is 0. The molecule has 25 heavy (non-hydrogen) atoms. The van der Waals surface area contributed by atoms with E-state index in [1.54, 1.807) is 31.3 Å². The topological polar surface area (TPSA) is 98.0 Å². The van der Waals surface area contributed by atoms with Gasteiger partial charge in [0.05, 0.1) is 5.69 Å². The smallest absolute Gasteiger partial charge is 0.258 e. The number of amides is 2. The van der Waals surface area contributed by atoms with Crippen LogP contribution in [0.15, 0.2) is 60.8 Å². The SMILES string of the molecule is Cc1ccc(C(N)=O)cc1C(=O)Nc1nccc(-c2ccccc2)n1. The lowest BCUT2D eigenvalue weighted by molar-refractivity contribution is 0.1000. The fourth-order valence-corrected chi connectivity index (χ4v) is 2.38. The van der Waals surface area contributed by atoms with E-state index in [-0.39, 0.29) is 11.5 Å². The normalized spacial score (nSPS) is 10.3. The molecule has 0 radical (unpaired) electrons. The average molecular weight is 332 g/mol. The second-order valence-corrected chi connectivity index (χ2v) is 5.48. The lowest BCUT2D eigenvalue weighted by Crippen LogP contribution is -2.18. The summed E-state index contributed by atoms with van der Waals surface area (Å²) in [5.41, 5.74) is 8.25. The van der Waals surface area contributed by atoms with Crippen LogP contribution in [0.2, 0.25) is 0 Å². The first kappa shape index (κ1) is 16.3. The van der Waals surface area contributed by atoms with Gasteiger partial charge < -0.3 is 5.73 Å². The average Bonchev–Trinajstić information content (AvgIpc) is 2.62. The molecule has 0 aliphatic heterocycles. The van der Waals surface area contributed by atoms with Crippen molar-refractivity contribution in [3.63, 3.8) is 0 Å². The number of aromatic nitrogens is 2. The maximum absolute atomic E-state index is 12.5. The summed E-state index contributed by atoms with van der Waals surface area (Å²) in [6.45, 7) is 1.78. The van der Waals surface area contributed by atoms with Crippen LogP contribution in [0.25, 0.3) is 11.3 Å². The van der Waals surface area contributed by atoms with Crippen molar-refractivity contribution in [3.8, 4) is 11.3 Å². The van der Waals surface area contributed by atoms with Crippen LogP contribution in [-0.2, 0) is 0 Å². The van der Waals surface area contributed by atoms with Crippen LogP contribution in [0, 0.1) is 6.92 Å². The molecule has 1 heterocycles. The van der Waals surface area contributed by atoms with E-state index in [1.165, 1.54) is 6.07 Å². The van der Waals surface area contributed by atoms with Gasteiger partial charge in [-0.15, -0.1) is 0 Å². The number of anilines is 1. The Hall–Kier alpha value is -3.54. The predicted molar refractivity (Wildman–Crippen MR) is 95.1 cm³/mol. The Bertz CT molecular complexity index is 939. The van der Waals surface area contributed by atoms with Crippen molar-refractivity contribution in [2.45, 2.75) is 6.92 Å². The lowest BCUT2D eigenvalue weighted by Gasteiger charge is -2.09. The summed E-state index contributed by atoms with van der Waals surface area (Å²) in [5, 5.41) is 2.66. The highest BCUT2D eigenvalue weighted by Gasteiger charge is 2.13. The standard InChI is InChI=1S/C19H16N4O2/c1-12-7-8-14(17(20)24)11-15(12)18(25)23-19-21-10-9-16(22-19)13-5-3-2-4-6-13/h2-11H,1H3,(H2,20,24)(H,21,22,23,25). The molecule has 3 aromatic rings. The maximum Gasteiger partial charge on any atom is 0.258 e. The first-order valence-electron chi connectivity index (χ1n) is 7.65. The lowest BCUT2D eigenvalue weighted by atomic mass is 10.0. The molecule has 2 aromatic carbocycles. The highest BCUT2D eigenvalue weighted by Crippen LogP contribution is 2.18. The molecule has 6 nitrogen and oxygen atoms in total. The zero-order chi connectivity index (χ0) is 17.8. The first-order valence-corrected chi connectivity index (χ1v) is 7.65. The summed E-state index contributed by atoms with van der Waals surface area (Å²) in [6, 6.07) is 16.1. The molecule has 0 bridgehead atoms. The Balaban J connectivity index is 1.87. The Morgan fingerprint density at radius 3 is 2.52 bits per heavy atom. The Labute approximate surface area is 144 Å². The number of nitrogens with zero attached hydrogens (tertiary/aromatic N) is 2. The van der Waals surface area contributed by atoms with Crippen LogP contribution in [0.3, 0.4) is 0 Å². The van der Waals surface area contributed by atoms with Gasteiger partial charge in [-0.3, -0.25) is 14.9 Å². The summed E-state index contributed by atoms with van der Waals surface area (Å²) < 4.78 is 0. The van der Waals surface area contributed by atoms with Gasteiger partial charge in [0.1, 0.15) is 0 Å². The number of hydrogen-bond donors (Lipinski definition) is 2. The summed E-state index contributed by atoms with van der Waals surface area (Å²) in [6.07, 6.45) is 1.58. The zero-order valence-corrected chi connectivity index (χ0v) is 13.6. The largest absolute Gasteiger partial charge is 0.366 e. The number of primary amides is 1. The van der Waals surface area contributed by atoms with Crippen molar-refractivity contribution in [1.82, 2.24) is 9.97 Å². The highest BCUT2D eigenvalue weighted by atomic mass is 16.2. The molecular weight excluding hydrogens is 316 g/mol. The fraction of sp³-hybridized carbons (Fsp3) is 0.0526. The number of hydrogen-bond acceptors (Lipinski definition) is 4. The van der Waals surface area contributed by atoms with Crippen LogP contribution >= 0.6 is 0 Å². The molecular formula is C19H16N4O2. The Morgan fingerprint density at radius 2 is 1.80 bits per heavy atom. The zero-order valence-electron chi connectivity index (χ0n) is 13.6. The van der Waals surface area contributed by atoms with Gasteiger partial charge in [-0.05, 0) is 30.7 Å². The minimum atomic E-state index is -0.587.